The van der Waals surface area contributed by atoms with Crippen LogP contribution in [-0.4, -0.2) is 87.2 Å². The number of ether oxygens (including phenoxy) is 1. The van der Waals surface area contributed by atoms with Gasteiger partial charge in [-0.25, -0.2) is 18.4 Å². The smallest absolute Gasteiger partial charge is 0.279 e. The van der Waals surface area contributed by atoms with Gasteiger partial charge in [0.2, 0.25) is 16.0 Å². The standard InChI is InChI=1S/C23H28N8O4S2/c1-14-25-19-21(32)28(2)17-13-24-23(27-20(17)29(3)22(19)36-14)26-16-7-6-15(12-18(16)35-4)30-8-10-31(11-9-30)37(5,33)34/h6-7,12-13H,8-11H2,1-5H3,(H,24,26,27). The van der Waals surface area contributed by atoms with Crippen molar-refractivity contribution in [3.05, 3.63) is 35.1 Å². The Bertz CT molecular complexity index is 1470. The molecule has 3 aromatic rings. The summed E-state index contributed by atoms with van der Waals surface area (Å²) in [6.45, 7) is 3.93. The number of aromatic nitrogens is 3. The van der Waals surface area contributed by atoms with Crippen LogP contribution >= 0.6 is 11.3 Å². The van der Waals surface area contributed by atoms with Crippen molar-refractivity contribution in [1.29, 1.82) is 0 Å². The van der Waals surface area contributed by atoms with Gasteiger partial charge in [0.1, 0.15) is 16.4 Å². The predicted octanol–water partition coefficient (Wildman–Crippen LogP) is 2.43. The van der Waals surface area contributed by atoms with Crippen LogP contribution in [-0.2, 0) is 10.0 Å². The van der Waals surface area contributed by atoms with E-state index in [1.54, 1.807) is 20.4 Å². The second-order valence-corrected chi connectivity index (χ2v) is 12.0. The molecule has 1 fully saturated rings. The lowest BCUT2D eigenvalue weighted by atomic mass is 10.2. The molecule has 1 aromatic carbocycles. The average molecular weight is 545 g/mol. The summed E-state index contributed by atoms with van der Waals surface area (Å²) in [6, 6.07) is 5.75. The van der Waals surface area contributed by atoms with Gasteiger partial charge in [-0.2, -0.15) is 9.29 Å². The van der Waals surface area contributed by atoms with Crippen LogP contribution in [0.1, 0.15) is 15.5 Å². The van der Waals surface area contributed by atoms with E-state index >= 15 is 0 Å². The second kappa shape index (κ2) is 9.43. The SMILES string of the molecule is COc1cc(N2CCN(S(C)(=O)=O)CC2)ccc1Nc1ncc2c(n1)N(C)c1sc(C)nc1C(=O)N2C. The van der Waals surface area contributed by atoms with Gasteiger partial charge in [-0.05, 0) is 19.1 Å². The number of fused-ring (bicyclic) bond motifs is 2. The molecule has 196 valence electrons. The van der Waals surface area contributed by atoms with E-state index in [1.807, 2.05) is 37.1 Å². The van der Waals surface area contributed by atoms with E-state index in [0.717, 1.165) is 15.7 Å². The second-order valence-electron chi connectivity index (χ2n) is 8.87. The lowest BCUT2D eigenvalue weighted by Crippen LogP contribution is -2.48. The van der Waals surface area contributed by atoms with Crippen molar-refractivity contribution in [1.82, 2.24) is 19.3 Å². The fraction of sp³-hybridized carbons (Fsp3) is 0.391. The van der Waals surface area contributed by atoms with Crippen LogP contribution in [0.5, 0.6) is 5.75 Å². The van der Waals surface area contributed by atoms with E-state index in [9.17, 15) is 13.2 Å². The molecule has 0 bridgehead atoms. The molecule has 5 rings (SSSR count). The normalized spacial score (nSPS) is 16.4. The minimum atomic E-state index is -3.19. The molecule has 0 unspecified atom stereocenters. The fourth-order valence-corrected chi connectivity index (χ4v) is 6.13. The maximum Gasteiger partial charge on any atom is 0.279 e. The van der Waals surface area contributed by atoms with Crippen LogP contribution < -0.4 is 24.8 Å². The van der Waals surface area contributed by atoms with Crippen molar-refractivity contribution < 1.29 is 17.9 Å². The molecule has 1 saturated heterocycles. The van der Waals surface area contributed by atoms with Crippen molar-refractivity contribution >= 4 is 61.1 Å². The summed E-state index contributed by atoms with van der Waals surface area (Å²) in [6.07, 6.45) is 2.85. The van der Waals surface area contributed by atoms with E-state index in [1.165, 1.54) is 26.8 Å². The van der Waals surface area contributed by atoms with Crippen LogP contribution in [0, 0.1) is 6.92 Å². The highest BCUT2D eigenvalue weighted by Gasteiger charge is 2.32. The number of thiazole rings is 1. The number of benzene rings is 1. The van der Waals surface area contributed by atoms with Gasteiger partial charge in [-0.15, -0.1) is 11.3 Å². The number of aryl methyl sites for hydroxylation is 1. The number of anilines is 6. The molecule has 4 heterocycles. The highest BCUT2D eigenvalue weighted by Crippen LogP contribution is 2.41. The molecule has 2 aliphatic rings. The van der Waals surface area contributed by atoms with Crippen LogP contribution in [0.25, 0.3) is 0 Å². The van der Waals surface area contributed by atoms with Gasteiger partial charge in [0.25, 0.3) is 5.91 Å². The third kappa shape index (κ3) is 4.67. The van der Waals surface area contributed by atoms with Crippen LogP contribution in [0.4, 0.5) is 33.8 Å². The number of nitrogens with zero attached hydrogens (tertiary/aromatic N) is 7. The summed E-state index contributed by atoms with van der Waals surface area (Å²) in [7, 11) is 1.94. The Morgan fingerprint density at radius 1 is 1.08 bits per heavy atom. The Hall–Kier alpha value is -3.49. The molecular weight excluding hydrogens is 516 g/mol. The Morgan fingerprint density at radius 3 is 2.49 bits per heavy atom. The van der Waals surface area contributed by atoms with Gasteiger partial charge < -0.3 is 24.8 Å². The lowest BCUT2D eigenvalue weighted by Gasteiger charge is -2.35. The summed E-state index contributed by atoms with van der Waals surface area (Å²) in [4.78, 5) is 32.1. The molecule has 12 nitrogen and oxygen atoms in total. The van der Waals surface area contributed by atoms with Gasteiger partial charge >= 0.3 is 0 Å². The minimum absolute atomic E-state index is 0.205. The molecule has 1 amide bonds. The van der Waals surface area contributed by atoms with Crippen molar-refractivity contribution in [2.24, 2.45) is 0 Å². The van der Waals surface area contributed by atoms with Gasteiger partial charge in [0, 0.05) is 52.0 Å². The maximum absolute atomic E-state index is 13.0. The Kier molecular flexibility index (Phi) is 6.41. The lowest BCUT2D eigenvalue weighted by molar-refractivity contribution is 0.0990. The zero-order valence-electron chi connectivity index (χ0n) is 21.2. The van der Waals surface area contributed by atoms with Gasteiger partial charge in [0.05, 0.1) is 30.3 Å². The Morgan fingerprint density at radius 2 is 1.81 bits per heavy atom. The quantitative estimate of drug-likeness (QED) is 0.512. The van der Waals surface area contributed by atoms with E-state index < -0.39 is 10.0 Å². The number of amides is 1. The number of hydrogen-bond acceptors (Lipinski definition) is 11. The first kappa shape index (κ1) is 25.2. The molecule has 37 heavy (non-hydrogen) atoms. The zero-order chi connectivity index (χ0) is 26.5. The number of hydrogen-bond donors (Lipinski definition) is 1. The van der Waals surface area contributed by atoms with E-state index in [-0.39, 0.29) is 5.91 Å². The Balaban J connectivity index is 1.40. The molecule has 2 aliphatic heterocycles. The van der Waals surface area contributed by atoms with E-state index in [0.29, 0.717) is 60.8 Å². The number of carbonyl (C=O) groups is 1. The third-order valence-corrected chi connectivity index (χ3v) is 8.81. The van der Waals surface area contributed by atoms with Crippen molar-refractivity contribution in [2.75, 3.05) is 73.7 Å². The number of sulfonamides is 1. The summed E-state index contributed by atoms with van der Waals surface area (Å²) in [5.74, 6) is 1.32. The predicted molar refractivity (Wildman–Crippen MR) is 145 cm³/mol. The molecule has 1 N–H and O–H groups in total. The largest absolute Gasteiger partial charge is 0.494 e. The summed E-state index contributed by atoms with van der Waals surface area (Å²) in [5, 5.41) is 4.77. The summed E-state index contributed by atoms with van der Waals surface area (Å²) < 4.78 is 30.8. The first-order valence-corrected chi connectivity index (χ1v) is 14.2. The molecule has 0 radical (unpaired) electrons. The Labute approximate surface area is 219 Å². The van der Waals surface area contributed by atoms with Crippen molar-refractivity contribution in [3.63, 3.8) is 0 Å². The molecule has 0 aliphatic carbocycles. The monoisotopic (exact) mass is 544 g/mol. The summed E-state index contributed by atoms with van der Waals surface area (Å²) >= 11 is 1.44. The third-order valence-electron chi connectivity index (χ3n) is 6.46. The van der Waals surface area contributed by atoms with Gasteiger partial charge in [0.15, 0.2) is 11.5 Å². The maximum atomic E-state index is 13.0. The average Bonchev–Trinajstić information content (AvgIpc) is 3.26. The highest BCUT2D eigenvalue weighted by atomic mass is 32.2. The number of rotatable bonds is 5. The minimum Gasteiger partial charge on any atom is -0.494 e. The highest BCUT2D eigenvalue weighted by molar-refractivity contribution is 7.88. The first-order valence-electron chi connectivity index (χ1n) is 11.6. The molecule has 14 heteroatoms. The van der Waals surface area contributed by atoms with Gasteiger partial charge in [-0.3, -0.25) is 4.79 Å². The van der Waals surface area contributed by atoms with Crippen molar-refractivity contribution in [2.45, 2.75) is 6.92 Å². The zero-order valence-corrected chi connectivity index (χ0v) is 22.9. The van der Waals surface area contributed by atoms with Crippen molar-refractivity contribution in [3.8, 4) is 5.75 Å². The topological polar surface area (TPSA) is 124 Å². The van der Waals surface area contributed by atoms with Crippen LogP contribution in [0.15, 0.2) is 24.4 Å². The fourth-order valence-electron chi connectivity index (χ4n) is 4.44. The molecule has 2 aromatic heterocycles. The summed E-state index contributed by atoms with van der Waals surface area (Å²) in [5.41, 5.74) is 2.59. The van der Waals surface area contributed by atoms with E-state index in [2.05, 4.69) is 20.2 Å². The molecule has 0 saturated carbocycles. The first-order chi connectivity index (χ1) is 17.6. The molecular formula is C23H28N8O4S2. The number of methoxy groups -OCH3 is 1. The molecule has 0 atom stereocenters. The van der Waals surface area contributed by atoms with E-state index in [4.69, 9.17) is 9.72 Å². The van der Waals surface area contributed by atoms with Crippen LogP contribution in [0.2, 0.25) is 0 Å². The van der Waals surface area contributed by atoms with Gasteiger partial charge in [-0.1, -0.05) is 0 Å². The number of carbonyl (C=O) groups excluding carboxylic acids is 1. The number of nitrogens with one attached hydrogen (secondary N) is 1. The van der Waals surface area contributed by atoms with Crippen LogP contribution in [0.3, 0.4) is 0 Å². The molecule has 0 spiro atoms. The number of piperazine rings is 1.